The molecule has 0 saturated heterocycles. The molecule has 0 saturated carbocycles. The highest BCUT2D eigenvalue weighted by molar-refractivity contribution is 5.25. The summed E-state index contributed by atoms with van der Waals surface area (Å²) in [4.78, 5) is 0. The van der Waals surface area contributed by atoms with E-state index in [9.17, 15) is 0 Å². The third-order valence-electron chi connectivity index (χ3n) is 3.38. The normalized spacial score (nSPS) is 12.3. The van der Waals surface area contributed by atoms with Crippen LogP contribution in [0, 0.1) is 6.92 Å². The van der Waals surface area contributed by atoms with Gasteiger partial charge in [0.05, 0.1) is 6.42 Å². The fourth-order valence-electron chi connectivity index (χ4n) is 2.15. The number of nitrogens with zero attached hydrogens (tertiary/aromatic N) is 2. The number of aryl methyl sites for hydroxylation is 1. The molecule has 21 heavy (non-hydrogen) atoms. The highest BCUT2D eigenvalue weighted by Gasteiger charge is 2.16. The number of rotatable bonds is 4. The van der Waals surface area contributed by atoms with Gasteiger partial charge in [-0.1, -0.05) is 60.2 Å². The summed E-state index contributed by atoms with van der Waals surface area (Å²) in [5, 5.41) is 8.15. The maximum Gasteiger partial charge on any atom is 0.237 e. The minimum Gasteiger partial charge on any atom is -0.423 e. The van der Waals surface area contributed by atoms with Gasteiger partial charge < -0.3 is 10.2 Å². The molecule has 4 nitrogen and oxygen atoms in total. The van der Waals surface area contributed by atoms with Gasteiger partial charge in [-0.05, 0) is 18.1 Å². The summed E-state index contributed by atoms with van der Waals surface area (Å²) in [5.41, 5.74) is 9.48. The standard InChI is InChI=1S/C17H17N3O/c1-12-7-9-13(10-8-12)11-15-19-20-17(21-15)16(18)14-5-3-2-4-6-14/h2-10,16H,11,18H2,1H3. The van der Waals surface area contributed by atoms with E-state index in [0.717, 1.165) is 11.1 Å². The number of hydrogen-bond donors (Lipinski definition) is 1. The van der Waals surface area contributed by atoms with Gasteiger partial charge in [0.15, 0.2) is 0 Å². The summed E-state index contributed by atoms with van der Waals surface area (Å²) >= 11 is 0. The van der Waals surface area contributed by atoms with Gasteiger partial charge in [0.2, 0.25) is 11.8 Å². The quantitative estimate of drug-likeness (QED) is 0.797. The van der Waals surface area contributed by atoms with Crippen molar-refractivity contribution in [1.82, 2.24) is 10.2 Å². The van der Waals surface area contributed by atoms with Crippen LogP contribution in [-0.4, -0.2) is 10.2 Å². The fraction of sp³-hybridized carbons (Fsp3) is 0.176. The highest BCUT2D eigenvalue weighted by Crippen LogP contribution is 2.19. The molecule has 3 aromatic rings. The van der Waals surface area contributed by atoms with E-state index >= 15 is 0 Å². The third-order valence-corrected chi connectivity index (χ3v) is 3.38. The predicted octanol–water partition coefficient (Wildman–Crippen LogP) is 3.02. The zero-order chi connectivity index (χ0) is 14.7. The van der Waals surface area contributed by atoms with E-state index in [4.69, 9.17) is 10.2 Å². The molecule has 1 atom stereocenters. The number of hydrogen-bond acceptors (Lipinski definition) is 4. The SMILES string of the molecule is Cc1ccc(Cc2nnc(C(N)c3ccccc3)o2)cc1. The molecular formula is C17H17N3O. The summed E-state index contributed by atoms with van der Waals surface area (Å²) in [6, 6.07) is 17.6. The molecule has 0 aliphatic rings. The van der Waals surface area contributed by atoms with Crippen LogP contribution >= 0.6 is 0 Å². The molecule has 0 radical (unpaired) electrons. The average Bonchev–Trinajstić information content (AvgIpc) is 2.98. The van der Waals surface area contributed by atoms with Crippen molar-refractivity contribution in [2.45, 2.75) is 19.4 Å². The maximum absolute atomic E-state index is 6.15. The molecule has 0 amide bonds. The van der Waals surface area contributed by atoms with Crippen molar-refractivity contribution < 1.29 is 4.42 Å². The average molecular weight is 279 g/mol. The van der Waals surface area contributed by atoms with E-state index in [1.807, 2.05) is 30.3 Å². The topological polar surface area (TPSA) is 64.9 Å². The second-order valence-corrected chi connectivity index (χ2v) is 5.08. The molecule has 2 aromatic carbocycles. The Kier molecular flexibility index (Phi) is 3.79. The Hall–Kier alpha value is -2.46. The number of benzene rings is 2. The molecule has 0 aliphatic carbocycles. The molecule has 0 bridgehead atoms. The van der Waals surface area contributed by atoms with Crippen LogP contribution in [-0.2, 0) is 6.42 Å². The molecule has 3 rings (SSSR count). The Morgan fingerprint density at radius 3 is 2.43 bits per heavy atom. The third kappa shape index (κ3) is 3.17. The molecule has 0 fully saturated rings. The van der Waals surface area contributed by atoms with E-state index in [2.05, 4.69) is 41.4 Å². The summed E-state index contributed by atoms with van der Waals surface area (Å²) < 4.78 is 5.69. The molecule has 4 heteroatoms. The van der Waals surface area contributed by atoms with Crippen molar-refractivity contribution >= 4 is 0 Å². The van der Waals surface area contributed by atoms with Gasteiger partial charge in [-0.2, -0.15) is 0 Å². The number of nitrogens with two attached hydrogens (primary N) is 1. The molecule has 1 unspecified atom stereocenters. The van der Waals surface area contributed by atoms with Crippen molar-refractivity contribution in [2.75, 3.05) is 0 Å². The molecule has 2 N–H and O–H groups in total. The Bertz CT molecular complexity index is 704. The summed E-state index contributed by atoms with van der Waals surface area (Å²) in [7, 11) is 0. The Labute approximate surface area is 123 Å². The van der Waals surface area contributed by atoms with E-state index in [0.29, 0.717) is 18.2 Å². The lowest BCUT2D eigenvalue weighted by atomic mass is 10.1. The van der Waals surface area contributed by atoms with Crippen molar-refractivity contribution in [1.29, 1.82) is 0 Å². The molecular weight excluding hydrogens is 262 g/mol. The van der Waals surface area contributed by atoms with Gasteiger partial charge >= 0.3 is 0 Å². The highest BCUT2D eigenvalue weighted by atomic mass is 16.4. The first-order chi connectivity index (χ1) is 10.2. The minimum absolute atomic E-state index is 0.384. The zero-order valence-corrected chi connectivity index (χ0v) is 11.9. The lowest BCUT2D eigenvalue weighted by Crippen LogP contribution is -2.11. The van der Waals surface area contributed by atoms with Gasteiger partial charge in [-0.15, -0.1) is 10.2 Å². The predicted molar refractivity (Wildman–Crippen MR) is 80.8 cm³/mol. The van der Waals surface area contributed by atoms with Gasteiger partial charge in [-0.25, -0.2) is 0 Å². The smallest absolute Gasteiger partial charge is 0.237 e. The van der Waals surface area contributed by atoms with Crippen LogP contribution in [0.4, 0.5) is 0 Å². The van der Waals surface area contributed by atoms with Gasteiger partial charge in [0, 0.05) is 0 Å². The Morgan fingerprint density at radius 2 is 1.71 bits per heavy atom. The lowest BCUT2D eigenvalue weighted by molar-refractivity contribution is 0.441. The van der Waals surface area contributed by atoms with Crippen molar-refractivity contribution in [3.8, 4) is 0 Å². The van der Waals surface area contributed by atoms with Crippen LogP contribution in [0.25, 0.3) is 0 Å². The summed E-state index contributed by atoms with van der Waals surface area (Å²) in [5.74, 6) is 1.03. The van der Waals surface area contributed by atoms with Crippen molar-refractivity contribution in [3.63, 3.8) is 0 Å². The Morgan fingerprint density at radius 1 is 1.00 bits per heavy atom. The Balaban J connectivity index is 1.75. The second kappa shape index (κ2) is 5.89. The first kappa shape index (κ1) is 13.5. The first-order valence-corrected chi connectivity index (χ1v) is 6.91. The van der Waals surface area contributed by atoms with E-state index < -0.39 is 0 Å². The molecule has 1 heterocycles. The van der Waals surface area contributed by atoms with Gasteiger partial charge in [-0.3, -0.25) is 0 Å². The van der Waals surface area contributed by atoms with Crippen LogP contribution in [0.5, 0.6) is 0 Å². The first-order valence-electron chi connectivity index (χ1n) is 6.91. The molecule has 1 aromatic heterocycles. The minimum atomic E-state index is -0.384. The molecule has 0 spiro atoms. The number of aromatic nitrogens is 2. The van der Waals surface area contributed by atoms with Gasteiger partial charge in [0.25, 0.3) is 0 Å². The van der Waals surface area contributed by atoms with E-state index in [1.165, 1.54) is 5.56 Å². The molecule has 0 aliphatic heterocycles. The zero-order valence-electron chi connectivity index (χ0n) is 11.9. The monoisotopic (exact) mass is 279 g/mol. The van der Waals surface area contributed by atoms with Crippen molar-refractivity contribution in [3.05, 3.63) is 83.1 Å². The fourth-order valence-corrected chi connectivity index (χ4v) is 2.15. The maximum atomic E-state index is 6.15. The van der Waals surface area contributed by atoms with E-state index in [1.54, 1.807) is 0 Å². The van der Waals surface area contributed by atoms with Crippen molar-refractivity contribution in [2.24, 2.45) is 5.73 Å². The van der Waals surface area contributed by atoms with Crippen LogP contribution in [0.1, 0.15) is 34.5 Å². The second-order valence-electron chi connectivity index (χ2n) is 5.08. The summed E-state index contributed by atoms with van der Waals surface area (Å²) in [6.07, 6.45) is 0.620. The van der Waals surface area contributed by atoms with Crippen LogP contribution in [0.3, 0.4) is 0 Å². The molecule has 106 valence electrons. The van der Waals surface area contributed by atoms with Gasteiger partial charge in [0.1, 0.15) is 6.04 Å². The largest absolute Gasteiger partial charge is 0.423 e. The van der Waals surface area contributed by atoms with Crippen LogP contribution < -0.4 is 5.73 Å². The van der Waals surface area contributed by atoms with Crippen LogP contribution in [0.2, 0.25) is 0 Å². The van der Waals surface area contributed by atoms with Crippen LogP contribution in [0.15, 0.2) is 59.0 Å². The van der Waals surface area contributed by atoms with E-state index in [-0.39, 0.29) is 6.04 Å². The summed E-state index contributed by atoms with van der Waals surface area (Å²) in [6.45, 7) is 2.06. The lowest BCUT2D eigenvalue weighted by Gasteiger charge is -2.06.